The Hall–Kier alpha value is -0.610. The minimum Gasteiger partial charge on any atom is -0.375 e. The first-order valence-corrected chi connectivity index (χ1v) is 6.89. The molecule has 0 spiro atoms. The Morgan fingerprint density at radius 1 is 1.53 bits per heavy atom. The van der Waals surface area contributed by atoms with Crippen molar-refractivity contribution in [2.45, 2.75) is 38.7 Å². The van der Waals surface area contributed by atoms with E-state index in [0.717, 1.165) is 32.6 Å². The zero-order chi connectivity index (χ0) is 12.1. The van der Waals surface area contributed by atoms with E-state index in [1.54, 1.807) is 0 Å². The Kier molecular flexibility index (Phi) is 4.80. The molecule has 0 aromatic heterocycles. The topological polar surface area (TPSA) is 41.6 Å². The van der Waals surface area contributed by atoms with E-state index in [4.69, 9.17) is 4.74 Å². The summed E-state index contributed by atoms with van der Waals surface area (Å²) in [7, 11) is 0. The number of hydrogen-bond donors (Lipinski definition) is 1. The molecule has 2 saturated heterocycles. The van der Waals surface area contributed by atoms with Crippen molar-refractivity contribution in [1.82, 2.24) is 10.2 Å². The van der Waals surface area contributed by atoms with Crippen LogP contribution in [0.3, 0.4) is 0 Å². The molecule has 2 aliphatic rings. The molecular weight excluding hydrogens is 216 g/mol. The van der Waals surface area contributed by atoms with Gasteiger partial charge in [0.2, 0.25) is 5.91 Å². The molecule has 2 fully saturated rings. The van der Waals surface area contributed by atoms with Crippen LogP contribution in [0.15, 0.2) is 0 Å². The molecule has 1 N–H and O–H groups in total. The zero-order valence-electron chi connectivity index (χ0n) is 10.8. The van der Waals surface area contributed by atoms with E-state index < -0.39 is 0 Å². The van der Waals surface area contributed by atoms with E-state index in [1.165, 1.54) is 12.8 Å². The number of piperidine rings is 1. The second-order valence-electron chi connectivity index (χ2n) is 5.16. The number of ether oxygens (including phenoxy) is 1. The number of amides is 1. The SMILES string of the molecule is CCC1CN(C(=O)CC2CCCNC2)CCO1. The maximum Gasteiger partial charge on any atom is 0.223 e. The van der Waals surface area contributed by atoms with Crippen LogP contribution in [0.1, 0.15) is 32.6 Å². The van der Waals surface area contributed by atoms with Gasteiger partial charge in [-0.25, -0.2) is 0 Å². The molecule has 1 amide bonds. The van der Waals surface area contributed by atoms with Gasteiger partial charge in [0.25, 0.3) is 0 Å². The van der Waals surface area contributed by atoms with Crippen LogP contribution in [0, 0.1) is 5.92 Å². The third-order valence-electron chi connectivity index (χ3n) is 3.81. The van der Waals surface area contributed by atoms with Crippen molar-refractivity contribution in [3.05, 3.63) is 0 Å². The summed E-state index contributed by atoms with van der Waals surface area (Å²) in [6.45, 7) is 6.50. The predicted octanol–water partition coefficient (Wildman–Crippen LogP) is 1.01. The molecule has 4 nitrogen and oxygen atoms in total. The van der Waals surface area contributed by atoms with Crippen LogP contribution < -0.4 is 5.32 Å². The molecule has 0 bridgehead atoms. The Morgan fingerprint density at radius 2 is 2.41 bits per heavy atom. The maximum absolute atomic E-state index is 12.2. The molecular formula is C13H24N2O2. The third kappa shape index (κ3) is 3.68. The Morgan fingerprint density at radius 3 is 3.12 bits per heavy atom. The number of nitrogens with zero attached hydrogens (tertiary/aromatic N) is 1. The van der Waals surface area contributed by atoms with Gasteiger partial charge in [-0.2, -0.15) is 0 Å². The summed E-state index contributed by atoms with van der Waals surface area (Å²) >= 11 is 0. The van der Waals surface area contributed by atoms with Gasteiger partial charge in [-0.1, -0.05) is 6.92 Å². The summed E-state index contributed by atoms with van der Waals surface area (Å²) in [5, 5.41) is 3.37. The highest BCUT2D eigenvalue weighted by molar-refractivity contribution is 5.76. The zero-order valence-corrected chi connectivity index (χ0v) is 10.8. The lowest BCUT2D eigenvalue weighted by Crippen LogP contribution is -2.46. The maximum atomic E-state index is 12.2. The molecule has 17 heavy (non-hydrogen) atoms. The van der Waals surface area contributed by atoms with Gasteiger partial charge in [0.15, 0.2) is 0 Å². The highest BCUT2D eigenvalue weighted by atomic mass is 16.5. The first-order chi connectivity index (χ1) is 8.29. The summed E-state index contributed by atoms with van der Waals surface area (Å²) in [5.41, 5.74) is 0. The molecule has 2 rings (SSSR count). The lowest BCUT2D eigenvalue weighted by atomic mass is 9.95. The van der Waals surface area contributed by atoms with E-state index in [9.17, 15) is 4.79 Å². The molecule has 0 aromatic carbocycles. The van der Waals surface area contributed by atoms with Crippen molar-refractivity contribution in [1.29, 1.82) is 0 Å². The molecule has 0 aliphatic carbocycles. The molecule has 2 atom stereocenters. The Labute approximate surface area is 104 Å². The third-order valence-corrected chi connectivity index (χ3v) is 3.81. The molecule has 2 heterocycles. The molecule has 4 heteroatoms. The van der Waals surface area contributed by atoms with Gasteiger partial charge in [0.1, 0.15) is 0 Å². The van der Waals surface area contributed by atoms with Gasteiger partial charge < -0.3 is 15.0 Å². The number of nitrogens with one attached hydrogen (secondary N) is 1. The second kappa shape index (κ2) is 6.36. The molecule has 2 unspecified atom stereocenters. The van der Waals surface area contributed by atoms with E-state index in [0.29, 0.717) is 24.9 Å². The standard InChI is InChI=1S/C13H24N2O2/c1-2-12-10-15(6-7-17-12)13(16)8-11-4-3-5-14-9-11/h11-12,14H,2-10H2,1H3. The average molecular weight is 240 g/mol. The second-order valence-corrected chi connectivity index (χ2v) is 5.16. The van der Waals surface area contributed by atoms with Crippen molar-refractivity contribution >= 4 is 5.91 Å². The van der Waals surface area contributed by atoms with Crippen molar-refractivity contribution in [3.8, 4) is 0 Å². The van der Waals surface area contributed by atoms with E-state index in [1.807, 2.05) is 4.90 Å². The summed E-state index contributed by atoms with van der Waals surface area (Å²) in [6.07, 6.45) is 4.36. The van der Waals surface area contributed by atoms with Gasteiger partial charge >= 0.3 is 0 Å². The number of hydrogen-bond acceptors (Lipinski definition) is 3. The number of rotatable bonds is 3. The Bertz CT molecular complexity index is 252. The monoisotopic (exact) mass is 240 g/mol. The van der Waals surface area contributed by atoms with Crippen LogP contribution in [0.25, 0.3) is 0 Å². The lowest BCUT2D eigenvalue weighted by Gasteiger charge is -2.34. The summed E-state index contributed by atoms with van der Waals surface area (Å²) < 4.78 is 5.59. The fourth-order valence-corrected chi connectivity index (χ4v) is 2.67. The van der Waals surface area contributed by atoms with Crippen molar-refractivity contribution < 1.29 is 9.53 Å². The van der Waals surface area contributed by atoms with E-state index in [2.05, 4.69) is 12.2 Å². The quantitative estimate of drug-likeness (QED) is 0.800. The predicted molar refractivity (Wildman–Crippen MR) is 66.8 cm³/mol. The highest BCUT2D eigenvalue weighted by Gasteiger charge is 2.25. The van der Waals surface area contributed by atoms with Gasteiger partial charge in [0, 0.05) is 19.5 Å². The van der Waals surface area contributed by atoms with Gasteiger partial charge in [0.05, 0.1) is 12.7 Å². The molecule has 0 aromatic rings. The van der Waals surface area contributed by atoms with Crippen molar-refractivity contribution in [3.63, 3.8) is 0 Å². The van der Waals surface area contributed by atoms with Crippen LogP contribution in [0.5, 0.6) is 0 Å². The van der Waals surface area contributed by atoms with Crippen LogP contribution in [0.4, 0.5) is 0 Å². The summed E-state index contributed by atoms with van der Waals surface area (Å²) in [5.74, 6) is 0.861. The first kappa shape index (κ1) is 12.8. The van der Waals surface area contributed by atoms with Crippen LogP contribution in [-0.2, 0) is 9.53 Å². The number of carbonyl (C=O) groups is 1. The normalized spacial score (nSPS) is 30.3. The van der Waals surface area contributed by atoms with Gasteiger partial charge in [-0.3, -0.25) is 4.79 Å². The fourth-order valence-electron chi connectivity index (χ4n) is 2.67. The van der Waals surface area contributed by atoms with Crippen LogP contribution in [-0.4, -0.2) is 49.7 Å². The summed E-state index contributed by atoms with van der Waals surface area (Å²) in [4.78, 5) is 14.2. The summed E-state index contributed by atoms with van der Waals surface area (Å²) in [6, 6.07) is 0. The smallest absolute Gasteiger partial charge is 0.223 e. The number of carbonyl (C=O) groups excluding carboxylic acids is 1. The molecule has 0 saturated carbocycles. The fraction of sp³-hybridized carbons (Fsp3) is 0.923. The van der Waals surface area contributed by atoms with Crippen molar-refractivity contribution in [2.24, 2.45) is 5.92 Å². The molecule has 2 aliphatic heterocycles. The van der Waals surface area contributed by atoms with Crippen LogP contribution >= 0.6 is 0 Å². The lowest BCUT2D eigenvalue weighted by molar-refractivity contribution is -0.140. The Balaban J connectivity index is 1.78. The van der Waals surface area contributed by atoms with E-state index >= 15 is 0 Å². The highest BCUT2D eigenvalue weighted by Crippen LogP contribution is 2.17. The van der Waals surface area contributed by atoms with E-state index in [-0.39, 0.29) is 6.10 Å². The average Bonchev–Trinajstić information content (AvgIpc) is 2.40. The van der Waals surface area contributed by atoms with Crippen LogP contribution in [0.2, 0.25) is 0 Å². The first-order valence-electron chi connectivity index (χ1n) is 6.89. The van der Waals surface area contributed by atoms with Gasteiger partial charge in [-0.15, -0.1) is 0 Å². The van der Waals surface area contributed by atoms with Crippen molar-refractivity contribution in [2.75, 3.05) is 32.8 Å². The minimum atomic E-state index is 0.247. The van der Waals surface area contributed by atoms with Gasteiger partial charge in [-0.05, 0) is 38.3 Å². The minimum absolute atomic E-state index is 0.247. The molecule has 0 radical (unpaired) electrons. The largest absolute Gasteiger partial charge is 0.375 e. The number of morpholine rings is 1. The molecule has 98 valence electrons.